The van der Waals surface area contributed by atoms with E-state index in [2.05, 4.69) is 38.1 Å². The van der Waals surface area contributed by atoms with Crippen LogP contribution in [0.2, 0.25) is 0 Å². The second kappa shape index (κ2) is 7.51. The fraction of sp³-hybridized carbons (Fsp3) is 0.263. The van der Waals surface area contributed by atoms with E-state index >= 15 is 0 Å². The Morgan fingerprint density at radius 3 is 2.64 bits per heavy atom. The van der Waals surface area contributed by atoms with Crippen LogP contribution in [0.4, 0.5) is 5.88 Å². The number of nitrogens with one attached hydrogen (secondary N) is 1. The van der Waals surface area contributed by atoms with Crippen molar-refractivity contribution in [2.24, 2.45) is 0 Å². The molecular weight excluding hydrogens is 332 g/mol. The Balaban J connectivity index is 1.80. The highest BCUT2D eigenvalue weighted by Gasteiger charge is 2.18. The average Bonchev–Trinajstić information content (AvgIpc) is 3.25. The Labute approximate surface area is 151 Å². The van der Waals surface area contributed by atoms with Crippen LogP contribution in [0.3, 0.4) is 0 Å². The lowest BCUT2D eigenvalue weighted by molar-refractivity contribution is 0.311. The summed E-state index contributed by atoms with van der Waals surface area (Å²) in [6.07, 6.45) is 0. The monoisotopic (exact) mass is 352 g/mol. The minimum atomic E-state index is 0.186. The summed E-state index contributed by atoms with van der Waals surface area (Å²) in [5.74, 6) is 0.871. The first kappa shape index (κ1) is 17.2. The number of anilines is 1. The lowest BCUT2D eigenvalue weighted by Crippen LogP contribution is -2.26. The molecule has 2 heterocycles. The predicted molar refractivity (Wildman–Crippen MR) is 101 cm³/mol. The largest absolute Gasteiger partial charge is 0.419 e. The smallest absolute Gasteiger partial charge is 0.232 e. The van der Waals surface area contributed by atoms with Crippen molar-refractivity contribution < 1.29 is 4.42 Å². The molecule has 128 valence electrons. The van der Waals surface area contributed by atoms with Crippen molar-refractivity contribution in [3.8, 4) is 17.5 Å². The molecule has 0 amide bonds. The zero-order valence-corrected chi connectivity index (χ0v) is 15.3. The van der Waals surface area contributed by atoms with E-state index in [0.717, 1.165) is 5.56 Å². The molecule has 25 heavy (non-hydrogen) atoms. The molecular formula is C19H20N4OS. The SMILES string of the molecule is Cc1ccc(-c2nc(C#N)c(NCC(c3ccsc3)N(C)C)o2)cc1. The Morgan fingerprint density at radius 1 is 1.28 bits per heavy atom. The van der Waals surface area contributed by atoms with Crippen LogP contribution in [0.5, 0.6) is 0 Å². The summed E-state index contributed by atoms with van der Waals surface area (Å²) in [6, 6.07) is 12.3. The van der Waals surface area contributed by atoms with E-state index in [-0.39, 0.29) is 11.7 Å². The number of aromatic nitrogens is 1. The van der Waals surface area contributed by atoms with Gasteiger partial charge in [0.1, 0.15) is 6.07 Å². The highest BCUT2D eigenvalue weighted by molar-refractivity contribution is 7.07. The summed E-state index contributed by atoms with van der Waals surface area (Å²) in [6.45, 7) is 2.65. The molecule has 6 heteroatoms. The van der Waals surface area contributed by atoms with E-state index in [0.29, 0.717) is 18.3 Å². The Kier molecular flexibility index (Phi) is 5.17. The van der Waals surface area contributed by atoms with E-state index < -0.39 is 0 Å². The molecule has 0 bridgehead atoms. The molecule has 1 unspecified atom stereocenters. The number of nitrogens with zero attached hydrogens (tertiary/aromatic N) is 3. The van der Waals surface area contributed by atoms with Crippen molar-refractivity contribution in [3.63, 3.8) is 0 Å². The van der Waals surface area contributed by atoms with Crippen molar-refractivity contribution in [2.45, 2.75) is 13.0 Å². The lowest BCUT2D eigenvalue weighted by Gasteiger charge is -2.23. The summed E-state index contributed by atoms with van der Waals surface area (Å²) in [4.78, 5) is 6.45. The first-order chi connectivity index (χ1) is 12.1. The number of hydrogen-bond donors (Lipinski definition) is 1. The van der Waals surface area contributed by atoms with Crippen molar-refractivity contribution >= 4 is 17.2 Å². The maximum Gasteiger partial charge on any atom is 0.232 e. The van der Waals surface area contributed by atoms with Crippen LogP contribution in [0.1, 0.15) is 22.9 Å². The first-order valence-electron chi connectivity index (χ1n) is 7.99. The van der Waals surface area contributed by atoms with Gasteiger partial charge in [0.05, 0.1) is 6.04 Å². The van der Waals surface area contributed by atoms with E-state index in [4.69, 9.17) is 4.42 Å². The molecule has 0 saturated carbocycles. The molecule has 1 atom stereocenters. The van der Waals surface area contributed by atoms with Gasteiger partial charge < -0.3 is 14.6 Å². The number of aryl methyl sites for hydroxylation is 1. The molecule has 0 fully saturated rings. The van der Waals surface area contributed by atoms with Crippen LogP contribution in [-0.2, 0) is 0 Å². The van der Waals surface area contributed by atoms with Gasteiger partial charge in [0.25, 0.3) is 0 Å². The highest BCUT2D eigenvalue weighted by atomic mass is 32.1. The molecule has 2 aromatic heterocycles. The molecule has 0 radical (unpaired) electrons. The number of likely N-dealkylation sites (N-methyl/N-ethyl adjacent to an activating group) is 1. The number of rotatable bonds is 6. The standard InChI is InChI=1S/C19H20N4OS/c1-13-4-6-14(7-5-13)18-22-16(10-20)19(24-18)21-11-17(23(2)3)15-8-9-25-12-15/h4-9,12,17,21H,11H2,1-3H3. The zero-order chi connectivity index (χ0) is 17.8. The number of benzene rings is 1. The number of thiophene rings is 1. The van der Waals surface area contributed by atoms with Gasteiger partial charge >= 0.3 is 0 Å². The summed E-state index contributed by atoms with van der Waals surface area (Å²) in [5.41, 5.74) is 3.54. The molecule has 1 aromatic carbocycles. The highest BCUT2D eigenvalue weighted by Crippen LogP contribution is 2.27. The molecule has 0 aliphatic rings. The summed E-state index contributed by atoms with van der Waals surface area (Å²) < 4.78 is 5.82. The van der Waals surface area contributed by atoms with Gasteiger partial charge in [-0.3, -0.25) is 0 Å². The number of nitriles is 1. The van der Waals surface area contributed by atoms with Crippen LogP contribution >= 0.6 is 11.3 Å². The summed E-state index contributed by atoms with van der Waals surface area (Å²) >= 11 is 1.67. The van der Waals surface area contributed by atoms with Gasteiger partial charge in [0.2, 0.25) is 17.5 Å². The van der Waals surface area contributed by atoms with Crippen LogP contribution in [0.15, 0.2) is 45.5 Å². The second-order valence-corrected chi connectivity index (χ2v) is 6.87. The van der Waals surface area contributed by atoms with Crippen LogP contribution < -0.4 is 5.32 Å². The van der Waals surface area contributed by atoms with Gasteiger partial charge in [-0.05, 0) is 55.5 Å². The lowest BCUT2D eigenvalue weighted by atomic mass is 10.1. The molecule has 0 aliphatic heterocycles. The van der Waals surface area contributed by atoms with Crippen LogP contribution in [0.25, 0.3) is 11.5 Å². The van der Waals surface area contributed by atoms with Crippen LogP contribution in [-0.4, -0.2) is 30.5 Å². The minimum Gasteiger partial charge on any atom is -0.419 e. The molecule has 1 N–H and O–H groups in total. The van der Waals surface area contributed by atoms with E-state index in [9.17, 15) is 5.26 Å². The van der Waals surface area contributed by atoms with Gasteiger partial charge in [0.15, 0.2) is 0 Å². The van der Waals surface area contributed by atoms with Crippen molar-refractivity contribution in [3.05, 3.63) is 57.9 Å². The van der Waals surface area contributed by atoms with Crippen LogP contribution in [0, 0.1) is 18.3 Å². The normalized spacial score (nSPS) is 12.1. The van der Waals surface area contributed by atoms with Crippen molar-refractivity contribution in [1.82, 2.24) is 9.88 Å². The molecule has 3 rings (SSSR count). The Hall–Kier alpha value is -2.62. The molecule has 0 saturated heterocycles. The maximum absolute atomic E-state index is 9.36. The fourth-order valence-corrected chi connectivity index (χ4v) is 3.29. The van der Waals surface area contributed by atoms with Gasteiger partial charge in [-0.1, -0.05) is 17.7 Å². The Bertz CT molecular complexity index is 860. The summed E-state index contributed by atoms with van der Waals surface area (Å²) in [7, 11) is 4.07. The quantitative estimate of drug-likeness (QED) is 0.716. The van der Waals surface area contributed by atoms with Gasteiger partial charge in [0, 0.05) is 12.1 Å². The Morgan fingerprint density at radius 2 is 2.04 bits per heavy atom. The topological polar surface area (TPSA) is 65.1 Å². The second-order valence-electron chi connectivity index (χ2n) is 6.09. The third-order valence-corrected chi connectivity index (χ3v) is 4.74. The zero-order valence-electron chi connectivity index (χ0n) is 14.5. The molecule has 3 aromatic rings. The van der Waals surface area contributed by atoms with E-state index in [1.807, 2.05) is 45.3 Å². The van der Waals surface area contributed by atoms with Crippen molar-refractivity contribution in [2.75, 3.05) is 26.0 Å². The predicted octanol–water partition coefficient (Wildman–Crippen LogP) is 4.30. The van der Waals surface area contributed by atoms with Crippen molar-refractivity contribution in [1.29, 1.82) is 5.26 Å². The molecule has 0 aliphatic carbocycles. The molecule has 0 spiro atoms. The summed E-state index contributed by atoms with van der Waals surface area (Å²) in [5, 5.41) is 16.8. The maximum atomic E-state index is 9.36. The number of oxazole rings is 1. The van der Waals surface area contributed by atoms with Gasteiger partial charge in [-0.2, -0.15) is 21.6 Å². The third-order valence-electron chi connectivity index (χ3n) is 4.04. The molecule has 5 nitrogen and oxygen atoms in total. The third kappa shape index (κ3) is 3.90. The minimum absolute atomic E-state index is 0.186. The number of hydrogen-bond acceptors (Lipinski definition) is 6. The first-order valence-corrected chi connectivity index (χ1v) is 8.93. The van der Waals surface area contributed by atoms with Gasteiger partial charge in [-0.25, -0.2) is 0 Å². The van der Waals surface area contributed by atoms with Gasteiger partial charge in [-0.15, -0.1) is 0 Å². The average molecular weight is 352 g/mol. The van der Waals surface area contributed by atoms with E-state index in [1.54, 1.807) is 11.3 Å². The fourth-order valence-electron chi connectivity index (χ4n) is 2.59. The van der Waals surface area contributed by atoms with E-state index in [1.165, 1.54) is 11.1 Å².